The van der Waals surface area contributed by atoms with E-state index in [1.807, 2.05) is 18.2 Å². The highest BCUT2D eigenvalue weighted by molar-refractivity contribution is 5.14. The first-order chi connectivity index (χ1) is 9.53. The Balaban J connectivity index is 1.96. The Morgan fingerprint density at radius 3 is 2.50 bits per heavy atom. The molecule has 0 radical (unpaired) electrons. The molecule has 1 aliphatic rings. The van der Waals surface area contributed by atoms with Crippen LogP contribution in [0.25, 0.3) is 0 Å². The Labute approximate surface area is 122 Å². The molecule has 2 rings (SSSR count). The summed E-state index contributed by atoms with van der Waals surface area (Å²) in [7, 11) is 0. The monoisotopic (exact) mass is 277 g/mol. The van der Waals surface area contributed by atoms with E-state index in [1.165, 1.54) is 5.56 Å². The van der Waals surface area contributed by atoms with E-state index in [0.29, 0.717) is 12.5 Å². The first-order valence-corrected chi connectivity index (χ1v) is 7.58. The van der Waals surface area contributed by atoms with Crippen LogP contribution in [-0.4, -0.2) is 40.9 Å². The zero-order valence-electron chi connectivity index (χ0n) is 12.6. The van der Waals surface area contributed by atoms with Crippen LogP contribution in [0.15, 0.2) is 30.3 Å². The van der Waals surface area contributed by atoms with Crippen LogP contribution in [0.3, 0.4) is 0 Å². The first kappa shape index (κ1) is 15.5. The van der Waals surface area contributed by atoms with Crippen LogP contribution in [0.5, 0.6) is 0 Å². The van der Waals surface area contributed by atoms with Gasteiger partial charge in [-0.15, -0.1) is 0 Å². The molecule has 1 aromatic carbocycles. The highest BCUT2D eigenvalue weighted by Crippen LogP contribution is 2.41. The molecule has 0 saturated heterocycles. The molecule has 2 atom stereocenters. The van der Waals surface area contributed by atoms with Crippen molar-refractivity contribution in [1.82, 2.24) is 4.90 Å². The predicted molar refractivity (Wildman–Crippen MR) is 81.3 cm³/mol. The number of aliphatic hydroxyl groups excluding tert-OH is 2. The second-order valence-corrected chi connectivity index (χ2v) is 6.68. The highest BCUT2D eigenvalue weighted by Gasteiger charge is 2.41. The fourth-order valence-corrected chi connectivity index (χ4v) is 3.24. The smallest absolute Gasteiger partial charge is 0.0631 e. The van der Waals surface area contributed by atoms with Gasteiger partial charge < -0.3 is 10.2 Å². The summed E-state index contributed by atoms with van der Waals surface area (Å²) < 4.78 is 0. The van der Waals surface area contributed by atoms with Crippen molar-refractivity contribution in [2.24, 2.45) is 11.3 Å². The minimum absolute atomic E-state index is 0.0301. The normalized spacial score (nSPS) is 25.2. The van der Waals surface area contributed by atoms with Crippen LogP contribution in [0.2, 0.25) is 0 Å². The van der Waals surface area contributed by atoms with Gasteiger partial charge in [-0.25, -0.2) is 0 Å². The SMILES string of the molecule is CC1(C)CCC(CN(CCO)Cc2ccccc2)C1O. The summed E-state index contributed by atoms with van der Waals surface area (Å²) in [6.45, 7) is 6.82. The summed E-state index contributed by atoms with van der Waals surface area (Å²) in [5.41, 5.74) is 1.29. The van der Waals surface area contributed by atoms with E-state index in [4.69, 9.17) is 0 Å². The lowest BCUT2D eigenvalue weighted by atomic mass is 9.87. The third-order valence-electron chi connectivity index (χ3n) is 4.56. The highest BCUT2D eigenvalue weighted by atomic mass is 16.3. The molecule has 3 heteroatoms. The van der Waals surface area contributed by atoms with Gasteiger partial charge in [-0.2, -0.15) is 0 Å². The molecule has 0 aromatic heterocycles. The summed E-state index contributed by atoms with van der Waals surface area (Å²) in [5, 5.41) is 19.7. The molecular weight excluding hydrogens is 250 g/mol. The van der Waals surface area contributed by atoms with Crippen LogP contribution in [0, 0.1) is 11.3 Å². The molecule has 0 spiro atoms. The van der Waals surface area contributed by atoms with Gasteiger partial charge in [-0.3, -0.25) is 4.90 Å². The van der Waals surface area contributed by atoms with Crippen LogP contribution in [-0.2, 0) is 6.54 Å². The third kappa shape index (κ3) is 3.81. The van der Waals surface area contributed by atoms with Crippen molar-refractivity contribution in [2.75, 3.05) is 19.7 Å². The van der Waals surface area contributed by atoms with Gasteiger partial charge in [0.05, 0.1) is 12.7 Å². The molecule has 0 bridgehead atoms. The van der Waals surface area contributed by atoms with Gasteiger partial charge >= 0.3 is 0 Å². The lowest BCUT2D eigenvalue weighted by Gasteiger charge is -2.30. The van der Waals surface area contributed by atoms with Gasteiger partial charge in [0.1, 0.15) is 0 Å². The molecule has 1 fully saturated rings. The number of aliphatic hydroxyl groups is 2. The molecule has 2 unspecified atom stereocenters. The van der Waals surface area contributed by atoms with Crippen molar-refractivity contribution in [3.8, 4) is 0 Å². The molecule has 1 aromatic rings. The zero-order valence-corrected chi connectivity index (χ0v) is 12.6. The van der Waals surface area contributed by atoms with E-state index in [0.717, 1.165) is 25.9 Å². The molecule has 0 amide bonds. The Kier molecular flexibility index (Phi) is 5.19. The predicted octanol–water partition coefficient (Wildman–Crippen LogP) is 2.28. The van der Waals surface area contributed by atoms with Crippen molar-refractivity contribution in [3.63, 3.8) is 0 Å². The molecule has 1 saturated carbocycles. The van der Waals surface area contributed by atoms with Crippen molar-refractivity contribution in [3.05, 3.63) is 35.9 Å². The Bertz CT molecular complexity index is 405. The molecule has 112 valence electrons. The van der Waals surface area contributed by atoms with Crippen molar-refractivity contribution >= 4 is 0 Å². The molecule has 0 heterocycles. The number of rotatable bonds is 6. The van der Waals surface area contributed by atoms with Gasteiger partial charge in [-0.05, 0) is 29.7 Å². The topological polar surface area (TPSA) is 43.7 Å². The quantitative estimate of drug-likeness (QED) is 0.838. The maximum Gasteiger partial charge on any atom is 0.0631 e. The summed E-state index contributed by atoms with van der Waals surface area (Å²) in [4.78, 5) is 2.25. The van der Waals surface area contributed by atoms with Crippen LogP contribution < -0.4 is 0 Å². The molecule has 2 N–H and O–H groups in total. The summed E-state index contributed by atoms with van der Waals surface area (Å²) in [5.74, 6) is 0.320. The molecular formula is C17H27NO2. The summed E-state index contributed by atoms with van der Waals surface area (Å²) in [6, 6.07) is 10.3. The van der Waals surface area contributed by atoms with E-state index in [-0.39, 0.29) is 18.1 Å². The van der Waals surface area contributed by atoms with Gasteiger partial charge in [0.15, 0.2) is 0 Å². The fourth-order valence-electron chi connectivity index (χ4n) is 3.24. The van der Waals surface area contributed by atoms with Gasteiger partial charge in [-0.1, -0.05) is 44.2 Å². The third-order valence-corrected chi connectivity index (χ3v) is 4.56. The molecule has 20 heavy (non-hydrogen) atoms. The van der Waals surface area contributed by atoms with E-state index >= 15 is 0 Å². The summed E-state index contributed by atoms with van der Waals surface area (Å²) >= 11 is 0. The average Bonchev–Trinajstić information content (AvgIpc) is 2.67. The molecule has 1 aliphatic carbocycles. The largest absolute Gasteiger partial charge is 0.395 e. The van der Waals surface area contributed by atoms with Crippen molar-refractivity contribution in [2.45, 2.75) is 39.3 Å². The summed E-state index contributed by atoms with van der Waals surface area (Å²) in [6.07, 6.45) is 1.92. The Hall–Kier alpha value is -0.900. The van der Waals surface area contributed by atoms with E-state index < -0.39 is 0 Å². The standard InChI is InChI=1S/C17H27NO2/c1-17(2)9-8-15(16(17)20)13-18(10-11-19)12-14-6-4-3-5-7-14/h3-7,15-16,19-20H,8-13H2,1-2H3. The number of hydrogen-bond acceptors (Lipinski definition) is 3. The van der Waals surface area contributed by atoms with Gasteiger partial charge in [0, 0.05) is 19.6 Å². The van der Waals surface area contributed by atoms with Gasteiger partial charge in [0.25, 0.3) is 0 Å². The first-order valence-electron chi connectivity index (χ1n) is 7.58. The lowest BCUT2D eigenvalue weighted by Crippen LogP contribution is -2.37. The Morgan fingerprint density at radius 1 is 1.25 bits per heavy atom. The second kappa shape index (κ2) is 6.70. The zero-order chi connectivity index (χ0) is 14.6. The minimum Gasteiger partial charge on any atom is -0.395 e. The number of hydrogen-bond donors (Lipinski definition) is 2. The van der Waals surface area contributed by atoms with E-state index in [9.17, 15) is 10.2 Å². The second-order valence-electron chi connectivity index (χ2n) is 6.68. The maximum absolute atomic E-state index is 10.4. The Morgan fingerprint density at radius 2 is 1.95 bits per heavy atom. The van der Waals surface area contributed by atoms with E-state index in [1.54, 1.807) is 0 Å². The van der Waals surface area contributed by atoms with Crippen LogP contribution in [0.1, 0.15) is 32.3 Å². The van der Waals surface area contributed by atoms with Crippen LogP contribution >= 0.6 is 0 Å². The van der Waals surface area contributed by atoms with Crippen molar-refractivity contribution in [1.29, 1.82) is 0 Å². The van der Waals surface area contributed by atoms with Crippen LogP contribution in [0.4, 0.5) is 0 Å². The average molecular weight is 277 g/mol. The molecule has 0 aliphatic heterocycles. The van der Waals surface area contributed by atoms with E-state index in [2.05, 4.69) is 30.9 Å². The number of nitrogens with zero attached hydrogens (tertiary/aromatic N) is 1. The van der Waals surface area contributed by atoms with Crippen molar-refractivity contribution < 1.29 is 10.2 Å². The minimum atomic E-state index is -0.237. The lowest BCUT2D eigenvalue weighted by molar-refractivity contribution is 0.0293. The van der Waals surface area contributed by atoms with Gasteiger partial charge in [0.2, 0.25) is 0 Å². The molecule has 3 nitrogen and oxygen atoms in total. The maximum atomic E-state index is 10.4. The fraction of sp³-hybridized carbons (Fsp3) is 0.647. The number of benzene rings is 1.